The van der Waals surface area contributed by atoms with Crippen LogP contribution in [0, 0.1) is 18.7 Å². The van der Waals surface area contributed by atoms with E-state index in [4.69, 9.17) is 4.74 Å². The first-order valence-corrected chi connectivity index (χ1v) is 13.4. The zero-order valence-electron chi connectivity index (χ0n) is 23.9. The number of aryl methyl sites for hydroxylation is 1. The van der Waals surface area contributed by atoms with Gasteiger partial charge in [-0.15, -0.1) is 0 Å². The number of piperazine rings is 1. The Morgan fingerprint density at radius 1 is 1.18 bits per heavy atom. The van der Waals surface area contributed by atoms with E-state index in [9.17, 15) is 18.4 Å². The summed E-state index contributed by atoms with van der Waals surface area (Å²) in [5.41, 5.74) is 1.43. The molecule has 0 radical (unpaired) electrons. The molecular formula is C29H39F3N4O4. The van der Waals surface area contributed by atoms with E-state index in [1.54, 1.807) is 57.2 Å². The fraction of sp³-hybridized carbons (Fsp3) is 0.552. The highest BCUT2D eigenvalue weighted by Gasteiger charge is 2.42. The third kappa shape index (κ3) is 7.94. The van der Waals surface area contributed by atoms with Gasteiger partial charge in [-0.2, -0.15) is 8.78 Å². The Kier molecular flexibility index (Phi) is 10.5. The average Bonchev–Trinajstić information content (AvgIpc) is 2.89. The van der Waals surface area contributed by atoms with Crippen molar-refractivity contribution in [1.29, 1.82) is 0 Å². The normalized spacial score (nSPS) is 19.0. The van der Waals surface area contributed by atoms with Gasteiger partial charge in [0.1, 0.15) is 17.6 Å². The lowest BCUT2D eigenvalue weighted by molar-refractivity contribution is -0.159. The summed E-state index contributed by atoms with van der Waals surface area (Å²) in [4.78, 5) is 34.8. The summed E-state index contributed by atoms with van der Waals surface area (Å²) in [5, 5.41) is 2.88. The maximum absolute atomic E-state index is 15.2. The molecule has 2 heterocycles. The van der Waals surface area contributed by atoms with Gasteiger partial charge in [0.2, 0.25) is 11.8 Å². The van der Waals surface area contributed by atoms with Crippen LogP contribution in [0.4, 0.5) is 13.2 Å². The fourth-order valence-corrected chi connectivity index (χ4v) is 4.96. The van der Waals surface area contributed by atoms with Crippen molar-refractivity contribution >= 4 is 11.8 Å². The van der Waals surface area contributed by atoms with Gasteiger partial charge in [0.25, 0.3) is 0 Å². The maximum Gasteiger partial charge on any atom is 0.394 e. The smallest absolute Gasteiger partial charge is 0.394 e. The molecule has 1 aliphatic rings. The number of amides is 2. The van der Waals surface area contributed by atoms with E-state index in [1.165, 1.54) is 12.1 Å². The summed E-state index contributed by atoms with van der Waals surface area (Å²) >= 11 is 0. The number of rotatable bonds is 11. The van der Waals surface area contributed by atoms with Crippen molar-refractivity contribution in [1.82, 2.24) is 20.1 Å². The Morgan fingerprint density at radius 3 is 2.45 bits per heavy atom. The monoisotopic (exact) mass is 564 g/mol. The van der Waals surface area contributed by atoms with Gasteiger partial charge < -0.3 is 19.7 Å². The molecule has 3 atom stereocenters. The highest BCUT2D eigenvalue weighted by molar-refractivity contribution is 5.89. The van der Waals surface area contributed by atoms with Crippen LogP contribution in [0.25, 0.3) is 0 Å². The number of alkyl halides is 2. The summed E-state index contributed by atoms with van der Waals surface area (Å²) in [7, 11) is 1.57. The molecule has 0 unspecified atom stereocenters. The van der Waals surface area contributed by atoms with Crippen LogP contribution in [-0.2, 0) is 20.9 Å². The Balaban J connectivity index is 1.84. The molecule has 0 saturated carbocycles. The largest absolute Gasteiger partial charge is 0.433 e. The highest BCUT2D eigenvalue weighted by atomic mass is 19.3. The molecule has 3 rings (SSSR count). The van der Waals surface area contributed by atoms with Crippen molar-refractivity contribution in [2.75, 3.05) is 26.8 Å². The van der Waals surface area contributed by atoms with Gasteiger partial charge in [0, 0.05) is 58.4 Å². The number of hydrogen-bond donors (Lipinski definition) is 1. The minimum absolute atomic E-state index is 0.00659. The van der Waals surface area contributed by atoms with E-state index in [1.807, 2.05) is 11.8 Å². The van der Waals surface area contributed by atoms with Crippen molar-refractivity contribution < 1.29 is 32.2 Å². The van der Waals surface area contributed by atoms with E-state index >= 15 is 4.39 Å². The standard InChI is InChI=1S/C29H39F3N4O4/c1-18(2)28(38)36-20(4)16-35(23(12-14-39-6)26-25(30)19(3)11-13-33-26)17-24(36)27(37)34-15-21-7-9-22(10-8-21)40-29(5,31)32/h7-11,13,18,20,23-24H,12,14-17H2,1-6H3,(H,34,37)/t20-,23-,24-/m1/s1. The molecule has 40 heavy (non-hydrogen) atoms. The lowest BCUT2D eigenvalue weighted by Crippen LogP contribution is -2.65. The third-order valence-electron chi connectivity index (χ3n) is 6.92. The van der Waals surface area contributed by atoms with Gasteiger partial charge >= 0.3 is 6.11 Å². The van der Waals surface area contributed by atoms with Crippen LogP contribution < -0.4 is 10.1 Å². The zero-order valence-corrected chi connectivity index (χ0v) is 23.9. The van der Waals surface area contributed by atoms with E-state index in [-0.39, 0.29) is 48.3 Å². The molecule has 1 aromatic heterocycles. The van der Waals surface area contributed by atoms with Crippen molar-refractivity contribution in [2.45, 2.75) is 71.8 Å². The Morgan fingerprint density at radius 2 is 1.85 bits per heavy atom. The summed E-state index contributed by atoms with van der Waals surface area (Å²) in [6, 6.07) is 5.96. The number of nitrogens with one attached hydrogen (secondary N) is 1. The van der Waals surface area contributed by atoms with E-state index in [0.717, 1.165) is 0 Å². The van der Waals surface area contributed by atoms with Crippen molar-refractivity contribution in [2.24, 2.45) is 5.92 Å². The van der Waals surface area contributed by atoms with Crippen molar-refractivity contribution in [3.05, 3.63) is 59.2 Å². The highest BCUT2D eigenvalue weighted by Crippen LogP contribution is 2.31. The summed E-state index contributed by atoms with van der Waals surface area (Å²) in [5.74, 6) is -1.23. The molecule has 2 aromatic rings. The van der Waals surface area contributed by atoms with Gasteiger partial charge in [-0.3, -0.25) is 19.5 Å². The maximum atomic E-state index is 15.2. The predicted octanol–water partition coefficient (Wildman–Crippen LogP) is 4.47. The van der Waals surface area contributed by atoms with Crippen LogP contribution in [-0.4, -0.2) is 71.6 Å². The van der Waals surface area contributed by atoms with E-state index < -0.39 is 24.0 Å². The average molecular weight is 565 g/mol. The van der Waals surface area contributed by atoms with Gasteiger partial charge in [-0.1, -0.05) is 26.0 Å². The summed E-state index contributed by atoms with van der Waals surface area (Å²) in [6.45, 7) is 8.87. The molecule has 11 heteroatoms. The van der Waals surface area contributed by atoms with Crippen LogP contribution in [0.2, 0.25) is 0 Å². The number of methoxy groups -OCH3 is 1. The minimum atomic E-state index is -3.30. The molecule has 8 nitrogen and oxygen atoms in total. The van der Waals surface area contributed by atoms with E-state index in [2.05, 4.69) is 15.0 Å². The first-order valence-electron chi connectivity index (χ1n) is 13.4. The van der Waals surface area contributed by atoms with Gasteiger partial charge in [-0.25, -0.2) is 4.39 Å². The molecule has 0 bridgehead atoms. The number of nitrogens with zero attached hydrogens (tertiary/aromatic N) is 3. The van der Waals surface area contributed by atoms with Gasteiger partial charge in [-0.05, 0) is 49.6 Å². The number of ether oxygens (including phenoxy) is 2. The van der Waals surface area contributed by atoms with Gasteiger partial charge in [0.15, 0.2) is 0 Å². The molecule has 1 saturated heterocycles. The number of carbonyl (C=O) groups excluding carboxylic acids is 2. The quantitative estimate of drug-likeness (QED) is 0.434. The molecule has 220 valence electrons. The molecule has 1 aromatic carbocycles. The lowest BCUT2D eigenvalue weighted by atomic mass is 9.97. The molecular weight excluding hydrogens is 525 g/mol. The first-order chi connectivity index (χ1) is 18.8. The number of benzene rings is 1. The molecule has 1 fully saturated rings. The number of carbonyl (C=O) groups is 2. The third-order valence-corrected chi connectivity index (χ3v) is 6.92. The predicted molar refractivity (Wildman–Crippen MR) is 144 cm³/mol. The second-order valence-electron chi connectivity index (χ2n) is 10.6. The molecule has 2 amide bonds. The molecule has 1 N–H and O–H groups in total. The number of hydrogen-bond acceptors (Lipinski definition) is 6. The Labute approximate surface area is 233 Å². The molecule has 0 aliphatic carbocycles. The second kappa shape index (κ2) is 13.5. The minimum Gasteiger partial charge on any atom is -0.433 e. The van der Waals surface area contributed by atoms with Crippen LogP contribution in [0.15, 0.2) is 36.5 Å². The van der Waals surface area contributed by atoms with Crippen LogP contribution >= 0.6 is 0 Å². The van der Waals surface area contributed by atoms with Crippen LogP contribution in [0.3, 0.4) is 0 Å². The molecule has 0 spiro atoms. The number of pyridine rings is 1. The van der Waals surface area contributed by atoms with Crippen LogP contribution in [0.5, 0.6) is 5.75 Å². The Hall–Kier alpha value is -3.18. The van der Waals surface area contributed by atoms with Crippen molar-refractivity contribution in [3.8, 4) is 5.75 Å². The SMILES string of the molecule is COCC[C@H](c1nccc(C)c1F)N1C[C@@H](C)N(C(=O)C(C)C)[C@@H](C(=O)NCc2ccc(OC(C)(F)F)cc2)C1. The number of aromatic nitrogens is 1. The molecule has 1 aliphatic heterocycles. The summed E-state index contributed by atoms with van der Waals surface area (Å²) in [6.07, 6.45) is -1.28. The fourth-order valence-electron chi connectivity index (χ4n) is 4.96. The van der Waals surface area contributed by atoms with Crippen molar-refractivity contribution in [3.63, 3.8) is 0 Å². The lowest BCUT2D eigenvalue weighted by Gasteiger charge is -2.47. The van der Waals surface area contributed by atoms with E-state index in [0.29, 0.717) is 37.6 Å². The zero-order chi connectivity index (χ0) is 29.6. The Bertz CT molecular complexity index is 1160. The summed E-state index contributed by atoms with van der Waals surface area (Å²) < 4.78 is 51.3. The second-order valence-corrected chi connectivity index (χ2v) is 10.6. The topological polar surface area (TPSA) is 84.0 Å². The first kappa shape index (κ1) is 31.3. The van der Waals surface area contributed by atoms with Crippen LogP contribution in [0.1, 0.15) is 57.0 Å². The number of halogens is 3. The van der Waals surface area contributed by atoms with Gasteiger partial charge in [0.05, 0.1) is 11.7 Å².